The van der Waals surface area contributed by atoms with Gasteiger partial charge in [-0.1, -0.05) is 103 Å². The molecule has 0 radical (unpaired) electrons. The first-order chi connectivity index (χ1) is 22.3. The van der Waals surface area contributed by atoms with E-state index < -0.39 is 0 Å². The third-order valence-electron chi connectivity index (χ3n) is 11.1. The highest BCUT2D eigenvalue weighted by molar-refractivity contribution is 6.13. The third kappa shape index (κ3) is 3.57. The molecular formula is C43H33NO. The molecule has 0 aliphatic heterocycles. The minimum absolute atomic E-state index is 0.122. The summed E-state index contributed by atoms with van der Waals surface area (Å²) in [6, 6.07) is 51.2. The number of furan rings is 1. The number of nitrogens with zero attached hydrogens (tertiary/aromatic N) is 1. The number of hydrogen-bond acceptors (Lipinski definition) is 2. The molecule has 0 saturated heterocycles. The van der Waals surface area contributed by atoms with Gasteiger partial charge in [0.2, 0.25) is 0 Å². The van der Waals surface area contributed by atoms with Crippen molar-refractivity contribution in [2.45, 2.75) is 31.1 Å². The fourth-order valence-electron chi connectivity index (χ4n) is 9.34. The number of fused-ring (bicyclic) bond motifs is 11. The molecule has 1 heterocycles. The Kier molecular flexibility index (Phi) is 5.31. The van der Waals surface area contributed by atoms with E-state index in [1.54, 1.807) is 5.56 Å². The second-order valence-corrected chi connectivity index (χ2v) is 13.3. The van der Waals surface area contributed by atoms with E-state index in [1.165, 1.54) is 59.2 Å². The van der Waals surface area contributed by atoms with Crippen LogP contribution in [-0.2, 0) is 5.41 Å². The average molecular weight is 580 g/mol. The molecule has 2 saturated carbocycles. The highest BCUT2D eigenvalue weighted by atomic mass is 16.3. The highest BCUT2D eigenvalue weighted by Crippen LogP contribution is 2.66. The van der Waals surface area contributed by atoms with Crippen LogP contribution in [0, 0.1) is 11.8 Å². The summed E-state index contributed by atoms with van der Waals surface area (Å²) in [5, 5.41) is 2.29. The van der Waals surface area contributed by atoms with Crippen LogP contribution in [0.25, 0.3) is 44.2 Å². The SMILES string of the molecule is c1ccc(-c2cccc(N(c3ccc4c(c3)C3(CC5CCC3C5)c3ccccc3-4)c3cccc4oc5ccccc5c34)c2)cc1. The van der Waals surface area contributed by atoms with Gasteiger partial charge in [0.25, 0.3) is 0 Å². The Morgan fingerprint density at radius 1 is 0.578 bits per heavy atom. The number of para-hydroxylation sites is 1. The van der Waals surface area contributed by atoms with E-state index in [0.717, 1.165) is 45.1 Å². The monoisotopic (exact) mass is 579 g/mol. The molecule has 1 spiro atoms. The van der Waals surface area contributed by atoms with Crippen molar-refractivity contribution in [1.82, 2.24) is 0 Å². The summed E-state index contributed by atoms with van der Waals surface area (Å²) in [5.41, 5.74) is 13.8. The molecule has 3 unspecified atom stereocenters. The zero-order valence-electron chi connectivity index (χ0n) is 25.1. The van der Waals surface area contributed by atoms with Crippen molar-refractivity contribution < 1.29 is 4.42 Å². The van der Waals surface area contributed by atoms with Gasteiger partial charge < -0.3 is 9.32 Å². The highest BCUT2D eigenvalue weighted by Gasteiger charge is 2.56. The number of hydrogen-bond donors (Lipinski definition) is 0. The Balaban J connectivity index is 1.23. The van der Waals surface area contributed by atoms with Crippen LogP contribution >= 0.6 is 0 Å². The van der Waals surface area contributed by atoms with Gasteiger partial charge in [0, 0.05) is 22.2 Å². The maximum absolute atomic E-state index is 6.41. The molecule has 1 aromatic heterocycles. The molecule has 3 atom stereocenters. The summed E-state index contributed by atoms with van der Waals surface area (Å²) in [4.78, 5) is 2.47. The zero-order chi connectivity index (χ0) is 29.5. The third-order valence-corrected chi connectivity index (χ3v) is 11.1. The van der Waals surface area contributed by atoms with E-state index in [2.05, 4.69) is 144 Å². The number of anilines is 3. The summed E-state index contributed by atoms with van der Waals surface area (Å²) < 4.78 is 6.41. The standard InChI is InChI=1S/C43H33NO/c1-2-10-29(11-3-1)30-12-8-13-32(25-30)44(39-17-9-19-41-42(39)36-15-5-7-18-40(36)45-41)33-22-23-35-34-14-4-6-16-37(34)43(38(35)26-33)27-28-20-21-31(43)24-28/h1-19,22-23,25-26,28,31H,20-21,24,27H2. The zero-order valence-corrected chi connectivity index (χ0v) is 25.1. The van der Waals surface area contributed by atoms with Gasteiger partial charge in [-0.2, -0.15) is 0 Å². The first-order valence-electron chi connectivity index (χ1n) is 16.4. The first kappa shape index (κ1) is 25.3. The lowest BCUT2D eigenvalue weighted by atomic mass is 9.67. The lowest BCUT2D eigenvalue weighted by molar-refractivity contribution is 0.327. The fourth-order valence-corrected chi connectivity index (χ4v) is 9.34. The van der Waals surface area contributed by atoms with Gasteiger partial charge in [0.15, 0.2) is 0 Å². The summed E-state index contributed by atoms with van der Waals surface area (Å²) in [6.45, 7) is 0. The largest absolute Gasteiger partial charge is 0.456 e. The molecule has 0 N–H and O–H groups in total. The van der Waals surface area contributed by atoms with Crippen molar-refractivity contribution in [2.24, 2.45) is 11.8 Å². The Bertz CT molecular complexity index is 2260. The Morgan fingerprint density at radius 2 is 1.33 bits per heavy atom. The predicted molar refractivity (Wildman–Crippen MR) is 186 cm³/mol. The van der Waals surface area contributed by atoms with Crippen LogP contribution in [0.1, 0.15) is 36.8 Å². The van der Waals surface area contributed by atoms with Crippen LogP contribution in [0.15, 0.2) is 144 Å². The molecule has 2 nitrogen and oxygen atoms in total. The summed E-state index contributed by atoms with van der Waals surface area (Å²) >= 11 is 0. The molecule has 2 heteroatoms. The fraction of sp³-hybridized carbons (Fsp3) is 0.163. The van der Waals surface area contributed by atoms with E-state index >= 15 is 0 Å². The second-order valence-electron chi connectivity index (χ2n) is 13.3. The van der Waals surface area contributed by atoms with Crippen molar-refractivity contribution in [3.63, 3.8) is 0 Å². The average Bonchev–Trinajstić information content (AvgIpc) is 3.87. The van der Waals surface area contributed by atoms with E-state index in [1.807, 2.05) is 0 Å². The van der Waals surface area contributed by atoms with Crippen molar-refractivity contribution in [3.8, 4) is 22.3 Å². The van der Waals surface area contributed by atoms with Gasteiger partial charge in [-0.3, -0.25) is 0 Å². The molecule has 6 aromatic carbocycles. The van der Waals surface area contributed by atoms with Crippen LogP contribution in [0.5, 0.6) is 0 Å². The van der Waals surface area contributed by atoms with Gasteiger partial charge in [-0.15, -0.1) is 0 Å². The van der Waals surface area contributed by atoms with E-state index in [0.29, 0.717) is 0 Å². The number of benzene rings is 6. The molecular weight excluding hydrogens is 546 g/mol. The van der Waals surface area contributed by atoms with Crippen LogP contribution in [-0.4, -0.2) is 0 Å². The lowest BCUT2D eigenvalue weighted by Gasteiger charge is -2.37. The molecule has 10 rings (SSSR count). The van der Waals surface area contributed by atoms with Gasteiger partial charge in [-0.25, -0.2) is 0 Å². The normalized spacial score (nSPS) is 21.1. The van der Waals surface area contributed by atoms with E-state index in [4.69, 9.17) is 4.42 Å². The first-order valence-corrected chi connectivity index (χ1v) is 16.4. The molecule has 2 fully saturated rings. The van der Waals surface area contributed by atoms with Gasteiger partial charge in [0.05, 0.1) is 11.1 Å². The van der Waals surface area contributed by atoms with Crippen LogP contribution in [0.4, 0.5) is 17.1 Å². The van der Waals surface area contributed by atoms with Crippen LogP contribution in [0.3, 0.4) is 0 Å². The lowest BCUT2D eigenvalue weighted by Crippen LogP contribution is -2.32. The topological polar surface area (TPSA) is 16.4 Å². The number of rotatable bonds is 4. The van der Waals surface area contributed by atoms with Gasteiger partial charge in [-0.05, 0) is 107 Å². The smallest absolute Gasteiger partial charge is 0.137 e. The van der Waals surface area contributed by atoms with Crippen molar-refractivity contribution in [2.75, 3.05) is 4.90 Å². The second kappa shape index (κ2) is 9.46. The Morgan fingerprint density at radius 3 is 2.22 bits per heavy atom. The van der Waals surface area contributed by atoms with Crippen molar-refractivity contribution in [1.29, 1.82) is 0 Å². The Labute approximate surface area is 263 Å². The molecule has 45 heavy (non-hydrogen) atoms. The van der Waals surface area contributed by atoms with Gasteiger partial charge >= 0.3 is 0 Å². The molecule has 2 bridgehead atoms. The molecule has 7 aromatic rings. The predicted octanol–water partition coefficient (Wildman–Crippen LogP) is 11.8. The van der Waals surface area contributed by atoms with Gasteiger partial charge in [0.1, 0.15) is 11.2 Å². The van der Waals surface area contributed by atoms with E-state index in [-0.39, 0.29) is 5.41 Å². The Hall–Kier alpha value is -5.08. The van der Waals surface area contributed by atoms with Crippen molar-refractivity contribution >= 4 is 39.0 Å². The van der Waals surface area contributed by atoms with Crippen molar-refractivity contribution in [3.05, 3.63) is 151 Å². The molecule has 3 aliphatic carbocycles. The van der Waals surface area contributed by atoms with Crippen LogP contribution in [0.2, 0.25) is 0 Å². The summed E-state index contributed by atoms with van der Waals surface area (Å²) in [7, 11) is 0. The minimum atomic E-state index is 0.122. The summed E-state index contributed by atoms with van der Waals surface area (Å²) in [5.74, 6) is 1.55. The minimum Gasteiger partial charge on any atom is -0.456 e. The molecule has 3 aliphatic rings. The molecule has 216 valence electrons. The maximum Gasteiger partial charge on any atom is 0.137 e. The summed E-state index contributed by atoms with van der Waals surface area (Å²) in [6.07, 6.45) is 5.36. The maximum atomic E-state index is 6.41. The van der Waals surface area contributed by atoms with Crippen LogP contribution < -0.4 is 4.90 Å². The quantitative estimate of drug-likeness (QED) is 0.206. The molecule has 0 amide bonds. The van der Waals surface area contributed by atoms with E-state index in [9.17, 15) is 0 Å².